The summed E-state index contributed by atoms with van der Waals surface area (Å²) in [6.45, 7) is 8.25. The molecule has 7 nitrogen and oxygen atoms in total. The van der Waals surface area contributed by atoms with Crippen LogP contribution in [0.2, 0.25) is 0 Å². The second-order valence-electron chi connectivity index (χ2n) is 7.35. The minimum Gasteiger partial charge on any atom is -0.393 e. The average molecular weight is 309 g/mol. The molecular formula is C15H23N3O4. The molecule has 3 N–H and O–H groups in total. The van der Waals surface area contributed by atoms with Crippen molar-refractivity contribution in [2.75, 3.05) is 18.9 Å². The van der Waals surface area contributed by atoms with Crippen LogP contribution in [-0.4, -0.2) is 39.6 Å². The Morgan fingerprint density at radius 1 is 1.55 bits per heavy atom. The number of nitrogens with two attached hydrogens (primary N) is 1. The normalized spacial score (nSPS) is 34.3. The number of nitrogen functional groups attached to an aromatic ring is 1. The maximum absolute atomic E-state index is 12.2. The van der Waals surface area contributed by atoms with Crippen LogP contribution in [0.5, 0.6) is 0 Å². The highest BCUT2D eigenvalue weighted by Crippen LogP contribution is 2.55. The molecular weight excluding hydrogens is 286 g/mol. The Hall–Kier alpha value is -1.44. The van der Waals surface area contributed by atoms with Gasteiger partial charge in [0.25, 0.3) is 0 Å². The Morgan fingerprint density at radius 2 is 2.23 bits per heavy atom. The fraction of sp³-hybridized carbons (Fsp3) is 0.733. The summed E-state index contributed by atoms with van der Waals surface area (Å²) in [7, 11) is 0. The van der Waals surface area contributed by atoms with Gasteiger partial charge < -0.3 is 20.3 Å². The van der Waals surface area contributed by atoms with Gasteiger partial charge in [0.05, 0.1) is 13.2 Å². The van der Waals surface area contributed by atoms with Crippen molar-refractivity contribution >= 4 is 5.82 Å². The Labute approximate surface area is 129 Å². The first-order valence-corrected chi connectivity index (χ1v) is 7.45. The smallest absolute Gasteiger partial charge is 0.351 e. The van der Waals surface area contributed by atoms with Crippen LogP contribution in [0, 0.1) is 18.3 Å². The third kappa shape index (κ3) is 2.07. The van der Waals surface area contributed by atoms with Gasteiger partial charge in [0.1, 0.15) is 17.5 Å². The van der Waals surface area contributed by atoms with E-state index in [-0.39, 0.29) is 29.9 Å². The van der Waals surface area contributed by atoms with Gasteiger partial charge in [0.2, 0.25) is 0 Å². The van der Waals surface area contributed by atoms with Crippen LogP contribution in [0.1, 0.15) is 32.6 Å². The lowest BCUT2D eigenvalue weighted by molar-refractivity contribution is -0.187. The first-order chi connectivity index (χ1) is 10.2. The second kappa shape index (κ2) is 4.78. The molecule has 7 heteroatoms. The van der Waals surface area contributed by atoms with E-state index >= 15 is 0 Å². The Balaban J connectivity index is 2.06. The van der Waals surface area contributed by atoms with Gasteiger partial charge in [-0.25, -0.2) is 4.79 Å². The molecule has 0 spiro atoms. The van der Waals surface area contributed by atoms with E-state index in [9.17, 15) is 9.90 Å². The number of hydrogen-bond donors (Lipinski definition) is 2. The predicted octanol–water partition coefficient (Wildman–Crippen LogP) is 0.455. The van der Waals surface area contributed by atoms with Crippen molar-refractivity contribution in [3.8, 4) is 0 Å². The first kappa shape index (κ1) is 15.5. The molecule has 3 rings (SSSR count). The highest BCUT2D eigenvalue weighted by atomic mass is 16.6. The SMILES string of the molecule is Cc1cn(C2O[C@@]3(CO)COC2C3C(C)(C)C)c(=O)nc1N. The third-order valence-electron chi connectivity index (χ3n) is 4.70. The number of aromatic nitrogens is 2. The number of aliphatic hydroxyl groups is 1. The molecule has 2 aliphatic rings. The van der Waals surface area contributed by atoms with Gasteiger partial charge in [-0.15, -0.1) is 0 Å². The fourth-order valence-corrected chi connectivity index (χ4v) is 3.82. The zero-order valence-corrected chi connectivity index (χ0v) is 13.4. The quantitative estimate of drug-likeness (QED) is 0.823. The maximum Gasteiger partial charge on any atom is 0.351 e. The molecule has 1 aromatic heterocycles. The Morgan fingerprint density at radius 3 is 2.77 bits per heavy atom. The number of anilines is 1. The monoisotopic (exact) mass is 309 g/mol. The lowest BCUT2D eigenvalue weighted by Crippen LogP contribution is -2.46. The van der Waals surface area contributed by atoms with Gasteiger partial charge in [0, 0.05) is 17.7 Å². The summed E-state index contributed by atoms with van der Waals surface area (Å²) in [6, 6.07) is 0. The van der Waals surface area contributed by atoms with Crippen molar-refractivity contribution in [2.45, 2.75) is 45.6 Å². The van der Waals surface area contributed by atoms with E-state index in [4.69, 9.17) is 15.2 Å². The standard InChI is InChI=1S/C15H23N3O4/c1-8-5-18(13(20)17-11(8)16)12-9-10(14(2,3)4)15(6-19,22-12)7-21-9/h5,9-10,12,19H,6-7H2,1-4H3,(H2,16,17,20)/t9?,10?,12?,15-/m0/s1. The summed E-state index contributed by atoms with van der Waals surface area (Å²) in [4.78, 5) is 16.0. The second-order valence-corrected chi connectivity index (χ2v) is 7.35. The Bertz CT molecular complexity index is 651. The molecule has 4 atom stereocenters. The number of fused-ring (bicyclic) bond motifs is 2. The van der Waals surface area contributed by atoms with E-state index in [0.717, 1.165) is 0 Å². The third-order valence-corrected chi connectivity index (χ3v) is 4.70. The molecule has 1 aromatic rings. The number of ether oxygens (including phenoxy) is 2. The van der Waals surface area contributed by atoms with Gasteiger partial charge in [-0.05, 0) is 12.3 Å². The van der Waals surface area contributed by atoms with E-state index in [1.54, 1.807) is 13.1 Å². The minimum absolute atomic E-state index is 0.0141. The molecule has 122 valence electrons. The molecule has 0 aromatic carbocycles. The van der Waals surface area contributed by atoms with E-state index in [0.29, 0.717) is 12.2 Å². The van der Waals surface area contributed by atoms with Crippen molar-refractivity contribution in [1.82, 2.24) is 9.55 Å². The number of aryl methyl sites for hydroxylation is 1. The van der Waals surface area contributed by atoms with Gasteiger partial charge in [-0.1, -0.05) is 20.8 Å². The number of hydrogen-bond acceptors (Lipinski definition) is 6. The van der Waals surface area contributed by atoms with Gasteiger partial charge in [-0.3, -0.25) is 4.57 Å². The average Bonchev–Trinajstić information content (AvgIpc) is 2.96. The van der Waals surface area contributed by atoms with Crippen LogP contribution >= 0.6 is 0 Å². The summed E-state index contributed by atoms with van der Waals surface area (Å²) in [5, 5.41) is 9.88. The molecule has 2 aliphatic heterocycles. The van der Waals surface area contributed by atoms with Crippen molar-refractivity contribution in [3.63, 3.8) is 0 Å². The van der Waals surface area contributed by atoms with Crippen molar-refractivity contribution < 1.29 is 14.6 Å². The molecule has 2 fully saturated rings. The highest BCUT2D eigenvalue weighted by Gasteiger charge is 2.65. The van der Waals surface area contributed by atoms with Crippen molar-refractivity contribution in [3.05, 3.63) is 22.2 Å². The summed E-state index contributed by atoms with van der Waals surface area (Å²) < 4.78 is 13.4. The molecule has 0 amide bonds. The number of rotatable bonds is 2. The maximum atomic E-state index is 12.2. The highest BCUT2D eigenvalue weighted by molar-refractivity contribution is 5.35. The molecule has 2 saturated heterocycles. The molecule has 0 aliphatic carbocycles. The van der Waals surface area contributed by atoms with Crippen LogP contribution in [0.3, 0.4) is 0 Å². The summed E-state index contributed by atoms with van der Waals surface area (Å²) in [5.74, 6) is 0.203. The zero-order valence-electron chi connectivity index (χ0n) is 13.4. The molecule has 2 bridgehead atoms. The number of nitrogens with zero attached hydrogens (tertiary/aromatic N) is 2. The largest absolute Gasteiger partial charge is 0.393 e. The number of aliphatic hydroxyl groups excluding tert-OH is 1. The van der Waals surface area contributed by atoms with E-state index in [2.05, 4.69) is 25.8 Å². The van der Waals surface area contributed by atoms with Crippen LogP contribution in [0.15, 0.2) is 11.0 Å². The van der Waals surface area contributed by atoms with Crippen LogP contribution in [0.25, 0.3) is 0 Å². The summed E-state index contributed by atoms with van der Waals surface area (Å²) in [5.41, 5.74) is 5.01. The predicted molar refractivity (Wildman–Crippen MR) is 80.3 cm³/mol. The van der Waals surface area contributed by atoms with Gasteiger partial charge in [-0.2, -0.15) is 4.98 Å². The molecule has 3 unspecified atom stereocenters. The lowest BCUT2D eigenvalue weighted by Gasteiger charge is -2.35. The van der Waals surface area contributed by atoms with E-state index < -0.39 is 17.5 Å². The molecule has 3 heterocycles. The lowest BCUT2D eigenvalue weighted by atomic mass is 9.71. The van der Waals surface area contributed by atoms with Gasteiger partial charge >= 0.3 is 5.69 Å². The zero-order chi connectivity index (χ0) is 16.3. The van der Waals surface area contributed by atoms with Crippen LogP contribution in [-0.2, 0) is 9.47 Å². The topological polar surface area (TPSA) is 99.6 Å². The molecule has 0 saturated carbocycles. The molecule has 0 radical (unpaired) electrons. The van der Waals surface area contributed by atoms with Crippen LogP contribution in [0.4, 0.5) is 5.82 Å². The summed E-state index contributed by atoms with van der Waals surface area (Å²) >= 11 is 0. The van der Waals surface area contributed by atoms with Gasteiger partial charge in [0.15, 0.2) is 6.23 Å². The Kier molecular flexibility index (Phi) is 3.36. The summed E-state index contributed by atoms with van der Waals surface area (Å²) in [6.07, 6.45) is 0.753. The molecule has 22 heavy (non-hydrogen) atoms. The van der Waals surface area contributed by atoms with Crippen molar-refractivity contribution in [2.24, 2.45) is 11.3 Å². The first-order valence-electron chi connectivity index (χ1n) is 7.45. The fourth-order valence-electron chi connectivity index (χ4n) is 3.82. The van der Waals surface area contributed by atoms with E-state index in [1.165, 1.54) is 4.57 Å². The van der Waals surface area contributed by atoms with Crippen LogP contribution < -0.4 is 11.4 Å². The van der Waals surface area contributed by atoms with Crippen molar-refractivity contribution in [1.29, 1.82) is 0 Å². The van der Waals surface area contributed by atoms with E-state index in [1.807, 2.05) is 0 Å². The minimum atomic E-state index is -0.775.